The van der Waals surface area contributed by atoms with Crippen molar-refractivity contribution < 1.29 is 4.74 Å². The minimum atomic E-state index is 0.186. The van der Waals surface area contributed by atoms with Gasteiger partial charge in [0.15, 0.2) is 0 Å². The van der Waals surface area contributed by atoms with Gasteiger partial charge < -0.3 is 10.1 Å². The molecule has 0 saturated heterocycles. The highest BCUT2D eigenvalue weighted by Gasteiger charge is 2.05. The van der Waals surface area contributed by atoms with Crippen molar-refractivity contribution in [2.24, 2.45) is 0 Å². The molecule has 1 unspecified atom stereocenters. The lowest BCUT2D eigenvalue weighted by Gasteiger charge is -2.16. The molecule has 1 N–H and O–H groups in total. The molecule has 0 aromatic heterocycles. The second kappa shape index (κ2) is 6.37. The third-order valence-electron chi connectivity index (χ3n) is 2.07. The van der Waals surface area contributed by atoms with Gasteiger partial charge in [-0.1, -0.05) is 11.6 Å². The largest absolute Gasteiger partial charge is 0.380 e. The normalized spacial score (nSPS) is 11.9. The van der Waals surface area contributed by atoms with Crippen LogP contribution >= 0.6 is 11.6 Å². The smallest absolute Gasteiger partial charge is 0.0992 e. The number of nitrogens with one attached hydrogen (secondary N) is 1. The monoisotopic (exact) mass is 238 g/mol. The average molecular weight is 239 g/mol. The Kier molecular flexibility index (Phi) is 5.10. The van der Waals surface area contributed by atoms with Crippen molar-refractivity contribution in [2.75, 3.05) is 18.5 Å². The molecule has 1 atom stereocenters. The Morgan fingerprint density at radius 2 is 2.31 bits per heavy atom. The van der Waals surface area contributed by atoms with Crippen LogP contribution in [0.2, 0.25) is 5.02 Å². The van der Waals surface area contributed by atoms with Crippen LogP contribution in [0.15, 0.2) is 18.2 Å². The minimum Gasteiger partial charge on any atom is -0.380 e. The van der Waals surface area contributed by atoms with E-state index in [9.17, 15) is 0 Å². The predicted octanol–water partition coefficient (Wildman–Crippen LogP) is 3.05. The third kappa shape index (κ3) is 3.73. The first-order chi connectivity index (χ1) is 7.67. The van der Waals surface area contributed by atoms with E-state index >= 15 is 0 Å². The van der Waals surface area contributed by atoms with Crippen LogP contribution in [-0.4, -0.2) is 19.3 Å². The number of hydrogen-bond acceptors (Lipinski definition) is 3. The van der Waals surface area contributed by atoms with Crippen molar-refractivity contribution in [1.29, 1.82) is 5.26 Å². The number of nitriles is 1. The van der Waals surface area contributed by atoms with E-state index in [-0.39, 0.29) is 6.04 Å². The molecule has 0 aliphatic rings. The summed E-state index contributed by atoms with van der Waals surface area (Å²) >= 11 is 6.03. The van der Waals surface area contributed by atoms with Gasteiger partial charge in [-0.3, -0.25) is 0 Å². The maximum Gasteiger partial charge on any atom is 0.0992 e. The Morgan fingerprint density at radius 3 is 2.88 bits per heavy atom. The number of benzene rings is 1. The fourth-order valence-corrected chi connectivity index (χ4v) is 1.54. The first kappa shape index (κ1) is 12.8. The number of rotatable bonds is 5. The number of nitrogens with zero attached hydrogens (tertiary/aromatic N) is 1. The van der Waals surface area contributed by atoms with Gasteiger partial charge >= 0.3 is 0 Å². The highest BCUT2D eigenvalue weighted by molar-refractivity contribution is 6.33. The number of hydrogen-bond donors (Lipinski definition) is 1. The van der Waals surface area contributed by atoms with E-state index in [1.165, 1.54) is 0 Å². The van der Waals surface area contributed by atoms with Gasteiger partial charge in [0, 0.05) is 12.6 Å². The molecular weight excluding hydrogens is 224 g/mol. The number of ether oxygens (including phenoxy) is 1. The molecule has 0 fully saturated rings. The highest BCUT2D eigenvalue weighted by Crippen LogP contribution is 2.23. The summed E-state index contributed by atoms with van der Waals surface area (Å²) in [5.74, 6) is 0. The lowest BCUT2D eigenvalue weighted by molar-refractivity contribution is 0.141. The first-order valence-corrected chi connectivity index (χ1v) is 5.59. The molecule has 0 heterocycles. The zero-order chi connectivity index (χ0) is 12.0. The summed E-state index contributed by atoms with van der Waals surface area (Å²) in [6.07, 6.45) is 0. The maximum absolute atomic E-state index is 8.70. The van der Waals surface area contributed by atoms with Gasteiger partial charge in [0.2, 0.25) is 0 Å². The molecule has 0 aliphatic carbocycles. The van der Waals surface area contributed by atoms with Gasteiger partial charge in [-0.05, 0) is 32.0 Å². The van der Waals surface area contributed by atoms with Crippen molar-refractivity contribution in [3.05, 3.63) is 28.8 Å². The Bertz CT molecular complexity index is 387. The van der Waals surface area contributed by atoms with Crippen LogP contribution in [0, 0.1) is 11.3 Å². The quantitative estimate of drug-likeness (QED) is 0.858. The molecule has 4 heteroatoms. The van der Waals surface area contributed by atoms with Crippen LogP contribution in [0.3, 0.4) is 0 Å². The summed E-state index contributed by atoms with van der Waals surface area (Å²) in [4.78, 5) is 0. The maximum atomic E-state index is 8.70. The molecule has 0 spiro atoms. The SMILES string of the molecule is CCOCC(C)Nc1ccc(C#N)cc1Cl. The van der Waals surface area contributed by atoms with Crippen molar-refractivity contribution in [2.45, 2.75) is 19.9 Å². The van der Waals surface area contributed by atoms with Crippen LogP contribution in [0.5, 0.6) is 0 Å². The standard InChI is InChI=1S/C12H15ClN2O/c1-3-16-8-9(2)15-12-5-4-10(7-14)6-11(12)13/h4-6,9,15H,3,8H2,1-2H3. The van der Waals surface area contributed by atoms with Gasteiger partial charge in [-0.15, -0.1) is 0 Å². The van der Waals surface area contributed by atoms with Crippen LogP contribution < -0.4 is 5.32 Å². The Hall–Kier alpha value is -1.24. The van der Waals surface area contributed by atoms with Crippen molar-refractivity contribution in [3.8, 4) is 6.07 Å². The van der Waals surface area contributed by atoms with Crippen LogP contribution in [0.4, 0.5) is 5.69 Å². The second-order valence-corrected chi connectivity index (χ2v) is 3.92. The van der Waals surface area contributed by atoms with Gasteiger partial charge in [0.25, 0.3) is 0 Å². The van der Waals surface area contributed by atoms with Crippen molar-refractivity contribution >= 4 is 17.3 Å². The molecule has 1 aromatic rings. The summed E-state index contributed by atoms with van der Waals surface area (Å²) in [6, 6.07) is 7.43. The summed E-state index contributed by atoms with van der Waals surface area (Å²) in [6.45, 7) is 5.31. The van der Waals surface area contributed by atoms with Crippen molar-refractivity contribution in [1.82, 2.24) is 0 Å². The Balaban J connectivity index is 2.64. The van der Waals surface area contributed by atoms with E-state index in [4.69, 9.17) is 21.6 Å². The fourth-order valence-electron chi connectivity index (χ4n) is 1.30. The van der Waals surface area contributed by atoms with Crippen LogP contribution in [0.25, 0.3) is 0 Å². The lowest BCUT2D eigenvalue weighted by Crippen LogP contribution is -2.21. The molecule has 0 aliphatic heterocycles. The fraction of sp³-hybridized carbons (Fsp3) is 0.417. The molecule has 0 radical (unpaired) electrons. The molecular formula is C12H15ClN2O. The van der Waals surface area contributed by atoms with Crippen molar-refractivity contribution in [3.63, 3.8) is 0 Å². The Labute approximate surface area is 101 Å². The predicted molar refractivity (Wildman–Crippen MR) is 65.7 cm³/mol. The zero-order valence-corrected chi connectivity index (χ0v) is 10.2. The Morgan fingerprint density at radius 1 is 1.56 bits per heavy atom. The highest BCUT2D eigenvalue weighted by atomic mass is 35.5. The number of anilines is 1. The molecule has 1 aromatic carbocycles. The topological polar surface area (TPSA) is 45.0 Å². The summed E-state index contributed by atoms with van der Waals surface area (Å²) in [7, 11) is 0. The van der Waals surface area contributed by atoms with E-state index in [1.54, 1.807) is 12.1 Å². The van der Waals surface area contributed by atoms with E-state index < -0.39 is 0 Å². The molecule has 1 rings (SSSR count). The van der Waals surface area contributed by atoms with Gasteiger partial charge in [-0.25, -0.2) is 0 Å². The van der Waals surface area contributed by atoms with E-state index in [2.05, 4.69) is 5.32 Å². The molecule has 0 amide bonds. The van der Waals surface area contributed by atoms with Crippen LogP contribution in [0.1, 0.15) is 19.4 Å². The average Bonchev–Trinajstić information content (AvgIpc) is 2.29. The lowest BCUT2D eigenvalue weighted by atomic mass is 10.2. The summed E-state index contributed by atoms with van der Waals surface area (Å²) < 4.78 is 5.29. The molecule has 86 valence electrons. The molecule has 0 bridgehead atoms. The van der Waals surface area contributed by atoms with Gasteiger partial charge in [-0.2, -0.15) is 5.26 Å². The summed E-state index contributed by atoms with van der Waals surface area (Å²) in [5, 5.41) is 12.5. The van der Waals surface area contributed by atoms with E-state index in [1.807, 2.05) is 26.0 Å². The first-order valence-electron chi connectivity index (χ1n) is 5.21. The number of halogens is 1. The van der Waals surface area contributed by atoms with Gasteiger partial charge in [0.05, 0.1) is 28.9 Å². The third-order valence-corrected chi connectivity index (χ3v) is 2.38. The zero-order valence-electron chi connectivity index (χ0n) is 9.46. The summed E-state index contributed by atoms with van der Waals surface area (Å²) in [5.41, 5.74) is 1.39. The van der Waals surface area contributed by atoms with Crippen LogP contribution in [-0.2, 0) is 4.74 Å². The van der Waals surface area contributed by atoms with E-state index in [0.29, 0.717) is 23.8 Å². The molecule has 16 heavy (non-hydrogen) atoms. The molecule has 0 saturated carbocycles. The minimum absolute atomic E-state index is 0.186. The van der Waals surface area contributed by atoms with Gasteiger partial charge in [0.1, 0.15) is 0 Å². The molecule has 3 nitrogen and oxygen atoms in total. The second-order valence-electron chi connectivity index (χ2n) is 3.51. The van der Waals surface area contributed by atoms with E-state index in [0.717, 1.165) is 5.69 Å².